The van der Waals surface area contributed by atoms with Gasteiger partial charge in [-0.2, -0.15) is 23.1 Å². The molecular weight excluding hydrogens is 601 g/mol. The molecular formula is C33H35F3N6O4. The van der Waals surface area contributed by atoms with Crippen LogP contribution >= 0.6 is 0 Å². The number of nitrogens with zero attached hydrogens (tertiary/aromatic N) is 4. The molecule has 2 aromatic carbocycles. The Hall–Kier alpha value is -4.65. The molecule has 2 unspecified atom stereocenters. The molecule has 1 spiro atoms. The van der Waals surface area contributed by atoms with Gasteiger partial charge in [0.1, 0.15) is 11.9 Å². The Labute approximate surface area is 263 Å². The molecule has 4 heterocycles. The maximum Gasteiger partial charge on any atom is 0.429 e. The highest BCUT2D eigenvalue weighted by molar-refractivity contribution is 5.85. The molecule has 0 saturated carbocycles. The molecule has 4 N–H and O–H groups in total. The van der Waals surface area contributed by atoms with E-state index in [1.807, 2.05) is 36.1 Å². The minimum absolute atomic E-state index is 0.0754. The summed E-state index contributed by atoms with van der Waals surface area (Å²) in [6, 6.07) is 16.1. The molecule has 13 heteroatoms. The quantitative estimate of drug-likeness (QED) is 0.219. The average molecular weight is 637 g/mol. The summed E-state index contributed by atoms with van der Waals surface area (Å²) in [7, 11) is 1.54. The van der Waals surface area contributed by atoms with E-state index >= 15 is 0 Å². The van der Waals surface area contributed by atoms with Gasteiger partial charge in [0, 0.05) is 42.2 Å². The number of carbonyl (C=O) groups is 1. The molecule has 2 saturated heterocycles. The monoisotopic (exact) mass is 636 g/mol. The summed E-state index contributed by atoms with van der Waals surface area (Å²) in [5, 5.41) is 13.7. The van der Waals surface area contributed by atoms with E-state index in [4.69, 9.17) is 15.2 Å². The Balaban J connectivity index is 1.19. The van der Waals surface area contributed by atoms with Gasteiger partial charge in [-0.05, 0) is 60.4 Å². The number of halogens is 3. The molecule has 2 aliphatic heterocycles. The van der Waals surface area contributed by atoms with Crippen LogP contribution in [0.4, 0.5) is 24.9 Å². The van der Waals surface area contributed by atoms with Gasteiger partial charge in [-0.3, -0.25) is 4.79 Å². The number of hydrogen-bond donors (Lipinski definition) is 3. The van der Waals surface area contributed by atoms with Crippen molar-refractivity contribution >= 4 is 28.6 Å². The number of hydrogen-bond acceptors (Lipinski definition) is 9. The van der Waals surface area contributed by atoms with Crippen LogP contribution in [0.3, 0.4) is 0 Å². The van der Waals surface area contributed by atoms with E-state index < -0.39 is 24.3 Å². The Morgan fingerprint density at radius 3 is 2.41 bits per heavy atom. The minimum Gasteiger partial charge on any atom is -0.481 e. The van der Waals surface area contributed by atoms with Gasteiger partial charge < -0.3 is 30.5 Å². The fourth-order valence-electron chi connectivity index (χ4n) is 6.82. The number of nitrogen functional groups attached to an aromatic ring is 1. The van der Waals surface area contributed by atoms with Gasteiger partial charge in [0.2, 0.25) is 23.8 Å². The van der Waals surface area contributed by atoms with Gasteiger partial charge in [-0.25, -0.2) is 4.98 Å². The van der Waals surface area contributed by atoms with Crippen molar-refractivity contribution in [1.29, 1.82) is 0 Å². The van der Waals surface area contributed by atoms with Crippen molar-refractivity contribution in [2.75, 3.05) is 30.8 Å². The second kappa shape index (κ2) is 12.3. The van der Waals surface area contributed by atoms with Crippen molar-refractivity contribution in [3.63, 3.8) is 0 Å². The Morgan fingerprint density at radius 2 is 1.76 bits per heavy atom. The predicted octanol–water partition coefficient (Wildman–Crippen LogP) is 5.78. The third-order valence-electron chi connectivity index (χ3n) is 9.20. The topological polar surface area (TPSA) is 136 Å². The van der Waals surface area contributed by atoms with Crippen molar-refractivity contribution in [3.05, 3.63) is 66.2 Å². The fraction of sp³-hybridized carbons (Fsp3) is 0.394. The molecule has 242 valence electrons. The van der Waals surface area contributed by atoms with Crippen LogP contribution in [0, 0.1) is 5.41 Å². The molecule has 3 atom stereocenters. The summed E-state index contributed by atoms with van der Waals surface area (Å²) >= 11 is 0. The van der Waals surface area contributed by atoms with E-state index in [0.29, 0.717) is 44.0 Å². The summed E-state index contributed by atoms with van der Waals surface area (Å²) in [5.74, 6) is -0.485. The molecule has 0 radical (unpaired) electrons. The summed E-state index contributed by atoms with van der Waals surface area (Å²) < 4.78 is 53.7. The molecule has 4 aromatic rings. The molecule has 46 heavy (non-hydrogen) atoms. The number of carboxylic acids is 1. The summed E-state index contributed by atoms with van der Waals surface area (Å²) in [5.41, 5.74) is 7.98. The Kier molecular flexibility index (Phi) is 8.36. The molecule has 2 fully saturated rings. The number of fused-ring (bicyclic) bond motifs is 1. The number of rotatable bonds is 8. The average Bonchev–Trinajstić information content (AvgIpc) is 3.40. The highest BCUT2D eigenvalue weighted by Crippen LogP contribution is 2.46. The molecule has 2 aromatic heterocycles. The van der Waals surface area contributed by atoms with Crippen molar-refractivity contribution in [2.24, 2.45) is 5.41 Å². The highest BCUT2D eigenvalue weighted by Gasteiger charge is 2.50. The SMILES string of the molecule is CCC1NC(C(=O)O)CC12CCN(c1cc(O[C@H](c3ccc(-c4ccc5nc(OC)ccc5c4)cc3)C(F)(F)F)nc(N)n1)CC2. The zero-order valence-electron chi connectivity index (χ0n) is 25.4. The van der Waals surface area contributed by atoms with Crippen molar-refractivity contribution in [3.8, 4) is 22.9 Å². The van der Waals surface area contributed by atoms with Crippen LogP contribution in [0.25, 0.3) is 22.0 Å². The molecule has 2 aliphatic rings. The predicted molar refractivity (Wildman–Crippen MR) is 167 cm³/mol. The van der Waals surface area contributed by atoms with Crippen LogP contribution in [0.15, 0.2) is 60.7 Å². The number of ether oxygens (including phenoxy) is 2. The number of pyridine rings is 1. The lowest BCUT2D eigenvalue weighted by Gasteiger charge is -2.43. The second-order valence-electron chi connectivity index (χ2n) is 11.9. The van der Waals surface area contributed by atoms with Crippen LogP contribution in [0.1, 0.15) is 44.3 Å². The normalized spacial score (nSPS) is 20.2. The van der Waals surface area contributed by atoms with Gasteiger partial charge in [-0.15, -0.1) is 0 Å². The standard InChI is InChI=1S/C33H35F3N6O4/c1-3-25-32(18-24(38-25)30(43)44)12-14-42(15-13-32)26-17-28(41-31(37)40-26)46-29(33(34,35)36)20-6-4-19(5-7-20)21-8-10-23-22(16-21)9-11-27(39-23)45-2/h4-11,16-17,24-25,29,38H,3,12-15,18H2,1-2H3,(H,43,44)(H2,37,40,41)/t24?,25?,29-/m1/s1. The molecule has 10 nitrogen and oxygen atoms in total. The zero-order valence-corrected chi connectivity index (χ0v) is 25.4. The lowest BCUT2D eigenvalue weighted by atomic mass is 9.71. The number of alkyl halides is 3. The van der Waals surface area contributed by atoms with Gasteiger partial charge in [-0.1, -0.05) is 37.3 Å². The number of nitrogens with two attached hydrogens (primary N) is 1. The maximum atomic E-state index is 14.4. The van der Waals surface area contributed by atoms with Crippen LogP contribution in [-0.4, -0.2) is 64.5 Å². The second-order valence-corrected chi connectivity index (χ2v) is 11.9. The maximum absolute atomic E-state index is 14.4. The van der Waals surface area contributed by atoms with Crippen LogP contribution in [0.5, 0.6) is 11.8 Å². The Morgan fingerprint density at radius 1 is 1.04 bits per heavy atom. The first kappa shape index (κ1) is 31.3. The molecule has 0 bridgehead atoms. The van der Waals surface area contributed by atoms with E-state index in [1.54, 1.807) is 25.3 Å². The van der Waals surface area contributed by atoms with E-state index in [2.05, 4.69) is 20.3 Å². The van der Waals surface area contributed by atoms with E-state index in [9.17, 15) is 23.1 Å². The highest BCUT2D eigenvalue weighted by atomic mass is 19.4. The summed E-state index contributed by atoms with van der Waals surface area (Å²) in [6.07, 6.45) is -4.27. The Bertz CT molecular complexity index is 1730. The molecule has 0 amide bonds. The lowest BCUT2D eigenvalue weighted by molar-refractivity contribution is -0.198. The largest absolute Gasteiger partial charge is 0.481 e. The van der Waals surface area contributed by atoms with E-state index in [-0.39, 0.29) is 28.8 Å². The number of carboxylic acid groups (broad SMARTS) is 1. The minimum atomic E-state index is -4.74. The zero-order chi connectivity index (χ0) is 32.6. The number of aliphatic carboxylic acids is 1. The van der Waals surface area contributed by atoms with Crippen molar-refractivity contribution < 1.29 is 32.5 Å². The number of anilines is 2. The van der Waals surface area contributed by atoms with Crippen LogP contribution in [0.2, 0.25) is 0 Å². The van der Waals surface area contributed by atoms with Crippen molar-refractivity contribution in [2.45, 2.75) is 57.0 Å². The van der Waals surface area contributed by atoms with Gasteiger partial charge >= 0.3 is 12.1 Å². The first-order chi connectivity index (χ1) is 22.0. The number of methoxy groups -OCH3 is 1. The van der Waals surface area contributed by atoms with Crippen LogP contribution < -0.4 is 25.4 Å². The summed E-state index contributed by atoms with van der Waals surface area (Å²) in [6.45, 7) is 3.13. The lowest BCUT2D eigenvalue weighted by Crippen LogP contribution is -2.46. The number of nitrogens with one attached hydrogen (secondary N) is 1. The molecule has 0 aliphatic carbocycles. The summed E-state index contributed by atoms with van der Waals surface area (Å²) in [4.78, 5) is 26.2. The molecule has 6 rings (SSSR count). The van der Waals surface area contributed by atoms with Gasteiger partial charge in [0.05, 0.1) is 12.6 Å². The third kappa shape index (κ3) is 6.23. The van der Waals surface area contributed by atoms with Crippen LogP contribution in [-0.2, 0) is 4.79 Å². The first-order valence-corrected chi connectivity index (χ1v) is 15.1. The van der Waals surface area contributed by atoms with E-state index in [0.717, 1.165) is 28.5 Å². The first-order valence-electron chi connectivity index (χ1n) is 15.1. The van der Waals surface area contributed by atoms with Gasteiger partial charge in [0.15, 0.2) is 0 Å². The number of piperidine rings is 1. The number of aromatic nitrogens is 3. The van der Waals surface area contributed by atoms with E-state index in [1.165, 1.54) is 18.2 Å². The smallest absolute Gasteiger partial charge is 0.429 e. The number of benzene rings is 2. The van der Waals surface area contributed by atoms with Gasteiger partial charge in [0.25, 0.3) is 0 Å². The third-order valence-corrected chi connectivity index (χ3v) is 9.20. The fourth-order valence-corrected chi connectivity index (χ4v) is 6.82. The van der Waals surface area contributed by atoms with Crippen molar-refractivity contribution in [1.82, 2.24) is 20.3 Å².